The number of nitrogens with one attached hydrogen (secondary N) is 3. The highest BCUT2D eigenvalue weighted by Crippen LogP contribution is 2.26. The first-order chi connectivity index (χ1) is 15.9. The van der Waals surface area contributed by atoms with Crippen molar-refractivity contribution in [2.45, 2.75) is 18.5 Å². The van der Waals surface area contributed by atoms with E-state index in [0.717, 1.165) is 11.3 Å². The standard InChI is InChI=1S/C23H27FN8O/c1-29-22-5-3-15(8-17(22)11-26)16-2-4-20(21(24)9-16)23(33)30-18-10-19(31(12-18)14-27)13-32(28)7-6-25/h2-9,11,18-19,26,29H,10,12-13,25,28H2,1H3,(H,30,33)/b7-6-,26-11?/t18-,19+/m1/s1. The van der Waals surface area contributed by atoms with Crippen molar-refractivity contribution in [2.75, 3.05) is 25.5 Å². The Hall–Kier alpha value is -4.10. The van der Waals surface area contributed by atoms with E-state index in [1.165, 1.54) is 35.8 Å². The highest BCUT2D eigenvalue weighted by molar-refractivity contribution is 5.95. The molecule has 1 aliphatic heterocycles. The maximum atomic E-state index is 14.8. The van der Waals surface area contributed by atoms with E-state index in [4.69, 9.17) is 17.0 Å². The van der Waals surface area contributed by atoms with Crippen LogP contribution in [-0.4, -0.2) is 54.3 Å². The molecule has 33 heavy (non-hydrogen) atoms. The van der Waals surface area contributed by atoms with Gasteiger partial charge in [-0.25, -0.2) is 10.2 Å². The lowest BCUT2D eigenvalue weighted by molar-refractivity contribution is 0.0934. The molecule has 1 heterocycles. The summed E-state index contributed by atoms with van der Waals surface area (Å²) in [7, 11) is 1.76. The SMILES string of the molecule is CNc1ccc(-c2ccc(C(=O)N[C@@H]3C[C@@H](CN(N)/C=C\N)N(C#N)C3)c(F)c2)cc1C=N. The first-order valence-corrected chi connectivity index (χ1v) is 10.4. The van der Waals surface area contributed by atoms with Crippen LogP contribution in [0.4, 0.5) is 10.1 Å². The predicted molar refractivity (Wildman–Crippen MR) is 125 cm³/mol. The molecule has 2 aromatic rings. The molecule has 172 valence electrons. The fourth-order valence-corrected chi connectivity index (χ4v) is 3.96. The summed E-state index contributed by atoms with van der Waals surface area (Å²) < 4.78 is 14.8. The molecule has 2 atom stereocenters. The van der Waals surface area contributed by atoms with Crippen LogP contribution in [0.2, 0.25) is 0 Å². The summed E-state index contributed by atoms with van der Waals surface area (Å²) in [4.78, 5) is 14.3. The molecule has 1 aliphatic rings. The van der Waals surface area contributed by atoms with Gasteiger partial charge in [-0.15, -0.1) is 0 Å². The van der Waals surface area contributed by atoms with Crippen LogP contribution in [0.3, 0.4) is 0 Å². The molecule has 0 spiro atoms. The summed E-state index contributed by atoms with van der Waals surface area (Å²) in [5, 5.41) is 24.1. The van der Waals surface area contributed by atoms with Gasteiger partial charge in [-0.2, -0.15) is 5.26 Å². The van der Waals surface area contributed by atoms with Crippen molar-refractivity contribution in [1.82, 2.24) is 15.2 Å². The van der Waals surface area contributed by atoms with Crippen LogP contribution < -0.4 is 22.2 Å². The molecule has 0 radical (unpaired) electrons. The van der Waals surface area contributed by atoms with E-state index in [0.29, 0.717) is 30.6 Å². The number of nitrogens with zero attached hydrogens (tertiary/aromatic N) is 3. The van der Waals surface area contributed by atoms with Crippen LogP contribution >= 0.6 is 0 Å². The van der Waals surface area contributed by atoms with E-state index < -0.39 is 11.7 Å². The maximum Gasteiger partial charge on any atom is 0.254 e. The van der Waals surface area contributed by atoms with Gasteiger partial charge >= 0.3 is 0 Å². The number of rotatable bonds is 8. The number of carbonyl (C=O) groups excluding carboxylic acids is 1. The van der Waals surface area contributed by atoms with Crippen LogP contribution in [0.1, 0.15) is 22.3 Å². The molecule has 1 amide bonds. The van der Waals surface area contributed by atoms with Gasteiger partial charge in [0.2, 0.25) is 0 Å². The predicted octanol–water partition coefficient (Wildman–Crippen LogP) is 1.79. The lowest BCUT2D eigenvalue weighted by atomic mass is 10.00. The van der Waals surface area contributed by atoms with E-state index >= 15 is 0 Å². The number of likely N-dealkylation sites (tertiary alicyclic amines) is 1. The van der Waals surface area contributed by atoms with Gasteiger partial charge in [0.05, 0.1) is 18.2 Å². The van der Waals surface area contributed by atoms with Crippen molar-refractivity contribution in [3.05, 3.63) is 65.7 Å². The molecule has 0 aliphatic carbocycles. The van der Waals surface area contributed by atoms with E-state index in [9.17, 15) is 14.4 Å². The lowest BCUT2D eigenvalue weighted by Crippen LogP contribution is -2.39. The molecular formula is C23H27FN8O. The topological polar surface area (TPSA) is 147 Å². The minimum absolute atomic E-state index is 0.0728. The molecule has 1 fully saturated rings. The van der Waals surface area contributed by atoms with Crippen LogP contribution in [0, 0.1) is 22.7 Å². The molecule has 9 nitrogen and oxygen atoms in total. The largest absolute Gasteiger partial charge is 0.403 e. The molecule has 3 rings (SSSR count). The van der Waals surface area contributed by atoms with E-state index in [1.807, 2.05) is 12.1 Å². The minimum Gasteiger partial charge on any atom is -0.403 e. The van der Waals surface area contributed by atoms with Crippen molar-refractivity contribution in [3.63, 3.8) is 0 Å². The Labute approximate surface area is 191 Å². The van der Waals surface area contributed by atoms with Gasteiger partial charge in [0.1, 0.15) is 5.82 Å². The Morgan fingerprint density at radius 1 is 1.36 bits per heavy atom. The third kappa shape index (κ3) is 5.39. The summed E-state index contributed by atoms with van der Waals surface area (Å²) in [6.07, 6.45) is 6.63. The Morgan fingerprint density at radius 2 is 2.09 bits per heavy atom. The first-order valence-electron chi connectivity index (χ1n) is 10.4. The van der Waals surface area contributed by atoms with Gasteiger partial charge in [-0.1, -0.05) is 12.1 Å². The zero-order chi connectivity index (χ0) is 24.0. The molecule has 0 unspecified atom stereocenters. The third-order valence-corrected chi connectivity index (χ3v) is 5.60. The van der Waals surface area contributed by atoms with Crippen molar-refractivity contribution in [2.24, 2.45) is 11.6 Å². The van der Waals surface area contributed by atoms with Crippen LogP contribution in [-0.2, 0) is 0 Å². The highest BCUT2D eigenvalue weighted by atomic mass is 19.1. The van der Waals surface area contributed by atoms with Gasteiger partial charge < -0.3 is 31.7 Å². The Bertz CT molecular complexity index is 1100. The third-order valence-electron chi connectivity index (χ3n) is 5.60. The number of benzene rings is 2. The summed E-state index contributed by atoms with van der Waals surface area (Å²) in [5.41, 5.74) is 8.06. The monoisotopic (exact) mass is 450 g/mol. The Balaban J connectivity index is 1.71. The zero-order valence-corrected chi connectivity index (χ0v) is 18.3. The van der Waals surface area contributed by atoms with Crippen molar-refractivity contribution in [3.8, 4) is 17.3 Å². The lowest BCUT2D eigenvalue weighted by Gasteiger charge is -2.22. The number of nitrogens with two attached hydrogens (primary N) is 2. The van der Waals surface area contributed by atoms with Gasteiger partial charge in [0.25, 0.3) is 5.91 Å². The van der Waals surface area contributed by atoms with Crippen LogP contribution in [0.25, 0.3) is 11.1 Å². The molecule has 2 aromatic carbocycles. The van der Waals surface area contributed by atoms with Gasteiger partial charge in [-0.3, -0.25) is 4.79 Å². The molecular weight excluding hydrogens is 423 g/mol. The molecule has 0 aromatic heterocycles. The first kappa shape index (κ1) is 23.6. The number of amides is 1. The number of anilines is 1. The number of hydrogen-bond acceptors (Lipinski definition) is 8. The molecule has 1 saturated heterocycles. The summed E-state index contributed by atoms with van der Waals surface area (Å²) in [6, 6.07) is 9.33. The molecule has 0 bridgehead atoms. The van der Waals surface area contributed by atoms with Crippen molar-refractivity contribution in [1.29, 1.82) is 10.7 Å². The normalized spacial score (nSPS) is 17.6. The van der Waals surface area contributed by atoms with E-state index in [2.05, 4.69) is 16.8 Å². The van der Waals surface area contributed by atoms with Gasteiger partial charge in [-0.05, 0) is 41.8 Å². The fraction of sp³-hybridized carbons (Fsp3) is 0.261. The van der Waals surface area contributed by atoms with E-state index in [1.54, 1.807) is 24.1 Å². The minimum atomic E-state index is -0.646. The number of carbonyl (C=O) groups is 1. The molecule has 10 heteroatoms. The Morgan fingerprint density at radius 3 is 2.73 bits per heavy atom. The van der Waals surface area contributed by atoms with Gasteiger partial charge in [0, 0.05) is 49.5 Å². The average molecular weight is 451 g/mol. The van der Waals surface area contributed by atoms with Crippen LogP contribution in [0.5, 0.6) is 0 Å². The van der Waals surface area contributed by atoms with Crippen molar-refractivity contribution >= 4 is 17.8 Å². The number of halogens is 1. The highest BCUT2D eigenvalue weighted by Gasteiger charge is 2.33. The quantitative estimate of drug-likeness (QED) is 0.178. The second kappa shape index (κ2) is 10.5. The number of hydrogen-bond donors (Lipinski definition) is 5. The van der Waals surface area contributed by atoms with Crippen LogP contribution in [0.15, 0.2) is 48.8 Å². The summed E-state index contributed by atoms with van der Waals surface area (Å²) in [6.45, 7) is 0.678. The Kier molecular flexibility index (Phi) is 7.48. The van der Waals surface area contributed by atoms with Crippen molar-refractivity contribution < 1.29 is 9.18 Å². The summed E-state index contributed by atoms with van der Waals surface area (Å²) in [5.74, 6) is 4.62. The summed E-state index contributed by atoms with van der Waals surface area (Å²) >= 11 is 0. The molecule has 7 N–H and O–H groups in total. The van der Waals surface area contributed by atoms with E-state index in [-0.39, 0.29) is 17.6 Å². The fourth-order valence-electron chi connectivity index (χ4n) is 3.96. The second-order valence-corrected chi connectivity index (χ2v) is 7.74. The molecule has 0 saturated carbocycles. The number of nitriles is 1. The zero-order valence-electron chi connectivity index (χ0n) is 18.3. The second-order valence-electron chi connectivity index (χ2n) is 7.74. The average Bonchev–Trinajstić information content (AvgIpc) is 3.19. The smallest absolute Gasteiger partial charge is 0.254 e. The maximum absolute atomic E-state index is 14.8. The van der Waals surface area contributed by atoms with Gasteiger partial charge in [0.15, 0.2) is 6.19 Å². The number of hydrazine groups is 1.